The molecule has 1 aromatic heterocycles. The Bertz CT molecular complexity index is 1030. The largest absolute Gasteiger partial charge is 0.496 e. The van der Waals surface area contributed by atoms with Crippen LogP contribution >= 0.6 is 11.5 Å². The Labute approximate surface area is 182 Å². The molecule has 0 fully saturated rings. The van der Waals surface area contributed by atoms with Crippen LogP contribution in [0.5, 0.6) is 11.5 Å². The minimum atomic E-state index is 0.144. The summed E-state index contributed by atoms with van der Waals surface area (Å²) in [6.07, 6.45) is 4.14. The summed E-state index contributed by atoms with van der Waals surface area (Å²) in [5.74, 6) is 1.86. The lowest BCUT2D eigenvalue weighted by Crippen LogP contribution is -2.44. The second-order valence-corrected chi connectivity index (χ2v) is 8.91. The number of hydrogen-bond acceptors (Lipinski definition) is 5. The third-order valence-electron chi connectivity index (χ3n) is 5.82. The second kappa shape index (κ2) is 9.67. The molecule has 1 aliphatic rings. The van der Waals surface area contributed by atoms with Crippen molar-refractivity contribution in [1.29, 1.82) is 0 Å². The summed E-state index contributed by atoms with van der Waals surface area (Å²) in [6, 6.07) is 14.3. The molecule has 0 spiro atoms. The second-order valence-electron chi connectivity index (χ2n) is 7.84. The normalized spacial score (nSPS) is 15.9. The smallest absolute Gasteiger partial charge is 0.268 e. The highest BCUT2D eigenvalue weighted by molar-refractivity contribution is 7.13. The number of unbranched alkanes of at least 4 members (excludes halogenated alkanes) is 1. The SMILES string of the molecule is CCCN(CCCCn1sc2ccccc2c1=O)C1COc2cccc(OC)c2C1. The number of hydrogen-bond donors (Lipinski definition) is 0. The fourth-order valence-corrected chi connectivity index (χ4v) is 5.32. The van der Waals surface area contributed by atoms with Crippen LogP contribution in [-0.2, 0) is 13.0 Å². The maximum atomic E-state index is 12.5. The van der Waals surface area contributed by atoms with Crippen LogP contribution in [0.4, 0.5) is 0 Å². The van der Waals surface area contributed by atoms with Gasteiger partial charge in [-0.25, -0.2) is 0 Å². The maximum absolute atomic E-state index is 12.5. The van der Waals surface area contributed by atoms with Crippen molar-refractivity contribution in [2.75, 3.05) is 26.8 Å². The summed E-state index contributed by atoms with van der Waals surface area (Å²) >= 11 is 1.57. The first-order valence-corrected chi connectivity index (χ1v) is 11.6. The van der Waals surface area contributed by atoms with Crippen molar-refractivity contribution >= 4 is 21.6 Å². The highest BCUT2D eigenvalue weighted by atomic mass is 32.1. The number of methoxy groups -OCH3 is 1. The summed E-state index contributed by atoms with van der Waals surface area (Å²) in [4.78, 5) is 15.1. The van der Waals surface area contributed by atoms with Gasteiger partial charge in [-0.05, 0) is 63.0 Å². The maximum Gasteiger partial charge on any atom is 0.268 e. The van der Waals surface area contributed by atoms with E-state index in [1.54, 1.807) is 18.6 Å². The molecule has 0 aliphatic carbocycles. The molecule has 0 radical (unpaired) electrons. The van der Waals surface area contributed by atoms with E-state index in [0.717, 1.165) is 73.5 Å². The van der Waals surface area contributed by atoms with Crippen LogP contribution in [0.1, 0.15) is 31.7 Å². The molecule has 0 saturated carbocycles. The van der Waals surface area contributed by atoms with Crippen molar-refractivity contribution in [2.45, 2.75) is 45.2 Å². The van der Waals surface area contributed by atoms with E-state index in [4.69, 9.17) is 9.47 Å². The first-order valence-electron chi connectivity index (χ1n) is 10.8. The van der Waals surface area contributed by atoms with E-state index in [-0.39, 0.29) is 5.56 Å². The Balaban J connectivity index is 1.36. The summed E-state index contributed by atoms with van der Waals surface area (Å²) in [5, 5.41) is 0.835. The third kappa shape index (κ3) is 4.40. The van der Waals surface area contributed by atoms with Crippen molar-refractivity contribution < 1.29 is 9.47 Å². The molecule has 30 heavy (non-hydrogen) atoms. The van der Waals surface area contributed by atoms with Gasteiger partial charge in [-0.1, -0.05) is 36.7 Å². The Morgan fingerprint density at radius 2 is 2.03 bits per heavy atom. The van der Waals surface area contributed by atoms with Gasteiger partial charge in [-0.15, -0.1) is 0 Å². The molecular formula is C24H30N2O3S. The predicted molar refractivity (Wildman–Crippen MR) is 123 cm³/mol. The van der Waals surface area contributed by atoms with Crippen LogP contribution in [0.2, 0.25) is 0 Å². The quantitative estimate of drug-likeness (QED) is 0.470. The van der Waals surface area contributed by atoms with Crippen LogP contribution in [0.25, 0.3) is 10.1 Å². The highest BCUT2D eigenvalue weighted by Gasteiger charge is 2.27. The first kappa shape index (κ1) is 20.9. The molecule has 0 amide bonds. The summed E-state index contributed by atoms with van der Waals surface area (Å²) in [5.41, 5.74) is 1.32. The molecule has 3 aromatic rings. The highest BCUT2D eigenvalue weighted by Crippen LogP contribution is 2.34. The monoisotopic (exact) mass is 426 g/mol. The molecule has 1 unspecified atom stereocenters. The number of rotatable bonds is 9. The van der Waals surface area contributed by atoms with Gasteiger partial charge in [0, 0.05) is 18.2 Å². The number of aryl methyl sites for hydroxylation is 1. The van der Waals surface area contributed by atoms with Gasteiger partial charge in [0.05, 0.1) is 17.2 Å². The van der Waals surface area contributed by atoms with Gasteiger partial charge in [0.15, 0.2) is 0 Å². The Hall–Kier alpha value is -2.31. The van der Waals surface area contributed by atoms with Crippen molar-refractivity contribution in [3.05, 3.63) is 58.4 Å². The molecule has 1 aliphatic heterocycles. The zero-order valence-corrected chi connectivity index (χ0v) is 18.6. The number of ether oxygens (including phenoxy) is 2. The van der Waals surface area contributed by atoms with Gasteiger partial charge in [0.2, 0.25) is 0 Å². The molecule has 0 N–H and O–H groups in total. The molecule has 2 heterocycles. The lowest BCUT2D eigenvalue weighted by atomic mass is 10.00. The minimum absolute atomic E-state index is 0.144. The molecule has 5 nitrogen and oxygen atoms in total. The van der Waals surface area contributed by atoms with Crippen LogP contribution < -0.4 is 15.0 Å². The first-order chi connectivity index (χ1) is 14.7. The minimum Gasteiger partial charge on any atom is -0.496 e. The van der Waals surface area contributed by atoms with Gasteiger partial charge in [-0.2, -0.15) is 0 Å². The van der Waals surface area contributed by atoms with Crippen LogP contribution in [-0.4, -0.2) is 41.7 Å². The molecular weight excluding hydrogens is 396 g/mol. The average Bonchev–Trinajstić information content (AvgIpc) is 3.10. The van der Waals surface area contributed by atoms with Crippen LogP contribution in [0, 0.1) is 0 Å². The molecule has 6 heteroatoms. The molecule has 0 bridgehead atoms. The molecule has 4 rings (SSSR count). The van der Waals surface area contributed by atoms with E-state index < -0.39 is 0 Å². The van der Waals surface area contributed by atoms with E-state index in [1.165, 1.54) is 5.56 Å². The van der Waals surface area contributed by atoms with E-state index >= 15 is 0 Å². The number of nitrogens with zero attached hydrogens (tertiary/aromatic N) is 2. The summed E-state index contributed by atoms with van der Waals surface area (Å²) < 4.78 is 14.6. The van der Waals surface area contributed by atoms with Crippen molar-refractivity contribution in [3.8, 4) is 11.5 Å². The standard InChI is InChI=1S/C24H30N2O3S/c1-3-13-25(18-16-20-21(28-2)10-8-11-22(20)29-17-18)14-6-7-15-26-24(27)19-9-4-5-12-23(19)30-26/h4-5,8-12,18H,3,6-7,13-17H2,1-2H3. The van der Waals surface area contributed by atoms with E-state index in [0.29, 0.717) is 6.04 Å². The van der Waals surface area contributed by atoms with E-state index in [1.807, 2.05) is 46.4 Å². The van der Waals surface area contributed by atoms with Gasteiger partial charge >= 0.3 is 0 Å². The molecule has 160 valence electrons. The third-order valence-corrected chi connectivity index (χ3v) is 6.94. The Kier molecular flexibility index (Phi) is 6.75. The Morgan fingerprint density at radius 1 is 1.17 bits per heavy atom. The lowest BCUT2D eigenvalue weighted by Gasteiger charge is -2.35. The van der Waals surface area contributed by atoms with Gasteiger partial charge in [0.1, 0.15) is 18.1 Å². The predicted octanol–water partition coefficient (Wildman–Crippen LogP) is 4.57. The van der Waals surface area contributed by atoms with Crippen molar-refractivity contribution in [3.63, 3.8) is 0 Å². The fraction of sp³-hybridized carbons (Fsp3) is 0.458. The summed E-state index contributed by atoms with van der Waals surface area (Å²) in [6.45, 7) is 5.81. The van der Waals surface area contributed by atoms with Gasteiger partial charge < -0.3 is 9.47 Å². The lowest BCUT2D eigenvalue weighted by molar-refractivity contribution is 0.115. The fourth-order valence-electron chi connectivity index (χ4n) is 4.29. The van der Waals surface area contributed by atoms with Crippen molar-refractivity contribution in [2.24, 2.45) is 0 Å². The molecule has 2 aromatic carbocycles. The Morgan fingerprint density at radius 3 is 2.83 bits per heavy atom. The molecule has 0 saturated heterocycles. The van der Waals surface area contributed by atoms with Crippen LogP contribution in [0.15, 0.2) is 47.3 Å². The number of aromatic nitrogens is 1. The topological polar surface area (TPSA) is 43.7 Å². The van der Waals surface area contributed by atoms with E-state index in [9.17, 15) is 4.79 Å². The molecule has 1 atom stereocenters. The van der Waals surface area contributed by atoms with Gasteiger partial charge in [0.25, 0.3) is 5.56 Å². The number of benzene rings is 2. The summed E-state index contributed by atoms with van der Waals surface area (Å²) in [7, 11) is 1.72. The average molecular weight is 427 g/mol. The zero-order chi connectivity index (χ0) is 20.9. The van der Waals surface area contributed by atoms with Gasteiger partial charge in [-0.3, -0.25) is 13.7 Å². The van der Waals surface area contributed by atoms with E-state index in [2.05, 4.69) is 11.8 Å². The number of fused-ring (bicyclic) bond motifs is 2. The zero-order valence-electron chi connectivity index (χ0n) is 17.8. The van der Waals surface area contributed by atoms with Crippen LogP contribution in [0.3, 0.4) is 0 Å². The van der Waals surface area contributed by atoms with Crippen molar-refractivity contribution in [1.82, 2.24) is 8.86 Å².